The van der Waals surface area contributed by atoms with Crippen LogP contribution >= 0.6 is 11.6 Å². The van der Waals surface area contributed by atoms with Gasteiger partial charge in [-0.15, -0.1) is 5.10 Å². The van der Waals surface area contributed by atoms with Gasteiger partial charge in [0.25, 0.3) is 5.91 Å². The highest BCUT2D eigenvalue weighted by Crippen LogP contribution is 2.15. The van der Waals surface area contributed by atoms with Crippen molar-refractivity contribution in [3.8, 4) is 11.5 Å². The number of aryl methyl sites for hydroxylation is 3. The number of nitrogens with one attached hydrogen (secondary N) is 1. The zero-order valence-electron chi connectivity index (χ0n) is 16.8. The van der Waals surface area contributed by atoms with Crippen LogP contribution in [-0.2, 0) is 6.54 Å². The standard InChI is InChI=1S/C21H20ClN7O/c1-13-9-14(2)28(25-13)19-8-7-16(11-23-19)12-24-21(30)20-15(3)26-29(27-20)18-6-4-5-17(22)10-18/h4-11H,12H2,1-3H3,(H,24,30). The van der Waals surface area contributed by atoms with Crippen LogP contribution in [0.3, 0.4) is 0 Å². The fourth-order valence-electron chi connectivity index (χ4n) is 3.08. The molecule has 8 nitrogen and oxygen atoms in total. The molecule has 3 aromatic heterocycles. The van der Waals surface area contributed by atoms with Gasteiger partial charge in [-0.05, 0) is 56.7 Å². The Labute approximate surface area is 178 Å². The molecule has 152 valence electrons. The lowest BCUT2D eigenvalue weighted by atomic mass is 10.2. The molecule has 30 heavy (non-hydrogen) atoms. The highest BCUT2D eigenvalue weighted by Gasteiger charge is 2.16. The van der Waals surface area contributed by atoms with Gasteiger partial charge < -0.3 is 5.32 Å². The predicted octanol–water partition coefficient (Wildman–Crippen LogP) is 3.36. The number of benzene rings is 1. The van der Waals surface area contributed by atoms with Crippen molar-refractivity contribution in [2.24, 2.45) is 0 Å². The maximum atomic E-state index is 12.6. The smallest absolute Gasteiger partial charge is 0.274 e. The van der Waals surface area contributed by atoms with E-state index in [1.807, 2.05) is 38.1 Å². The summed E-state index contributed by atoms with van der Waals surface area (Å²) in [6, 6.07) is 12.9. The van der Waals surface area contributed by atoms with Gasteiger partial charge in [-0.2, -0.15) is 15.0 Å². The van der Waals surface area contributed by atoms with Gasteiger partial charge in [0.2, 0.25) is 0 Å². The second-order valence-corrected chi connectivity index (χ2v) is 7.39. The molecular formula is C21H20ClN7O. The minimum atomic E-state index is -0.302. The SMILES string of the molecule is Cc1cc(C)n(-c2ccc(CNC(=O)c3nn(-c4cccc(Cl)c4)nc3C)cn2)n1. The number of rotatable bonds is 5. The summed E-state index contributed by atoms with van der Waals surface area (Å²) in [7, 11) is 0. The molecule has 0 saturated carbocycles. The van der Waals surface area contributed by atoms with Gasteiger partial charge in [0, 0.05) is 23.5 Å². The molecule has 0 fully saturated rings. The summed E-state index contributed by atoms with van der Waals surface area (Å²) in [4.78, 5) is 18.5. The Hall–Kier alpha value is -3.52. The molecule has 4 rings (SSSR count). The maximum Gasteiger partial charge on any atom is 0.274 e. The average molecular weight is 422 g/mol. The summed E-state index contributed by atoms with van der Waals surface area (Å²) < 4.78 is 1.79. The number of hydrogen-bond acceptors (Lipinski definition) is 5. The van der Waals surface area contributed by atoms with Crippen LogP contribution in [0.5, 0.6) is 0 Å². The van der Waals surface area contributed by atoms with Crippen LogP contribution in [0.2, 0.25) is 5.02 Å². The molecule has 1 aromatic carbocycles. The highest BCUT2D eigenvalue weighted by atomic mass is 35.5. The molecule has 9 heteroatoms. The molecule has 0 aliphatic carbocycles. The van der Waals surface area contributed by atoms with Crippen LogP contribution in [-0.4, -0.2) is 35.7 Å². The number of hydrogen-bond donors (Lipinski definition) is 1. The van der Waals surface area contributed by atoms with Crippen LogP contribution in [0.15, 0.2) is 48.7 Å². The highest BCUT2D eigenvalue weighted by molar-refractivity contribution is 6.30. The van der Waals surface area contributed by atoms with Gasteiger partial charge in [-0.3, -0.25) is 4.79 Å². The van der Waals surface area contributed by atoms with E-state index < -0.39 is 0 Å². The molecule has 0 aliphatic heterocycles. The molecule has 0 saturated heterocycles. The molecule has 0 bridgehead atoms. The minimum Gasteiger partial charge on any atom is -0.346 e. The first-order valence-electron chi connectivity index (χ1n) is 9.37. The zero-order chi connectivity index (χ0) is 21.3. The summed E-state index contributed by atoms with van der Waals surface area (Å²) in [6.07, 6.45) is 1.72. The van der Waals surface area contributed by atoms with E-state index in [9.17, 15) is 4.79 Å². The molecule has 0 aliphatic rings. The van der Waals surface area contributed by atoms with Crippen molar-refractivity contribution in [3.05, 3.63) is 82.0 Å². The average Bonchev–Trinajstić information content (AvgIpc) is 3.28. The second-order valence-electron chi connectivity index (χ2n) is 6.95. The van der Waals surface area contributed by atoms with Gasteiger partial charge in [-0.25, -0.2) is 9.67 Å². The van der Waals surface area contributed by atoms with Crippen molar-refractivity contribution in [1.82, 2.24) is 35.1 Å². The van der Waals surface area contributed by atoms with E-state index in [2.05, 4.69) is 25.6 Å². The fourth-order valence-corrected chi connectivity index (χ4v) is 3.26. The Kier molecular flexibility index (Phi) is 5.33. The van der Waals surface area contributed by atoms with Crippen LogP contribution in [0, 0.1) is 20.8 Å². The van der Waals surface area contributed by atoms with Crippen molar-refractivity contribution in [3.63, 3.8) is 0 Å². The van der Waals surface area contributed by atoms with Gasteiger partial charge in [0.05, 0.1) is 17.1 Å². The largest absolute Gasteiger partial charge is 0.346 e. The lowest BCUT2D eigenvalue weighted by Gasteiger charge is -2.06. The van der Waals surface area contributed by atoms with Crippen LogP contribution in [0.25, 0.3) is 11.5 Å². The summed E-state index contributed by atoms with van der Waals surface area (Å²) in [5, 5.41) is 16.5. The number of amides is 1. The van der Waals surface area contributed by atoms with E-state index >= 15 is 0 Å². The Morgan fingerprint density at radius 2 is 1.90 bits per heavy atom. The first-order valence-corrected chi connectivity index (χ1v) is 9.75. The minimum absolute atomic E-state index is 0.266. The first kappa shape index (κ1) is 19.8. The Morgan fingerprint density at radius 3 is 2.57 bits per heavy atom. The third-order valence-electron chi connectivity index (χ3n) is 4.53. The van der Waals surface area contributed by atoms with E-state index in [4.69, 9.17) is 11.6 Å². The van der Waals surface area contributed by atoms with Crippen molar-refractivity contribution in [2.75, 3.05) is 0 Å². The Bertz CT molecular complexity index is 1210. The number of nitrogens with zero attached hydrogens (tertiary/aromatic N) is 6. The van der Waals surface area contributed by atoms with Crippen molar-refractivity contribution in [1.29, 1.82) is 0 Å². The Morgan fingerprint density at radius 1 is 1.07 bits per heavy atom. The monoisotopic (exact) mass is 421 g/mol. The second kappa shape index (κ2) is 8.08. The fraction of sp³-hybridized carbons (Fsp3) is 0.190. The predicted molar refractivity (Wildman–Crippen MR) is 113 cm³/mol. The van der Waals surface area contributed by atoms with E-state index in [0.29, 0.717) is 22.9 Å². The van der Waals surface area contributed by atoms with E-state index in [1.165, 1.54) is 4.80 Å². The van der Waals surface area contributed by atoms with Crippen LogP contribution < -0.4 is 5.32 Å². The number of aromatic nitrogens is 6. The maximum absolute atomic E-state index is 12.6. The van der Waals surface area contributed by atoms with E-state index in [1.54, 1.807) is 36.0 Å². The molecule has 0 radical (unpaired) electrons. The lowest BCUT2D eigenvalue weighted by Crippen LogP contribution is -2.24. The number of pyridine rings is 1. The molecule has 1 N–H and O–H groups in total. The number of carbonyl (C=O) groups excluding carboxylic acids is 1. The molecule has 0 spiro atoms. The molecule has 0 atom stereocenters. The summed E-state index contributed by atoms with van der Waals surface area (Å²) >= 11 is 6.02. The van der Waals surface area contributed by atoms with Crippen LogP contribution in [0.1, 0.15) is 33.1 Å². The lowest BCUT2D eigenvalue weighted by molar-refractivity contribution is 0.0945. The van der Waals surface area contributed by atoms with E-state index in [0.717, 1.165) is 22.8 Å². The number of carbonyl (C=O) groups is 1. The summed E-state index contributed by atoms with van der Waals surface area (Å²) in [6.45, 7) is 5.99. The summed E-state index contributed by atoms with van der Waals surface area (Å²) in [5.74, 6) is 0.430. The van der Waals surface area contributed by atoms with Crippen LogP contribution in [0.4, 0.5) is 0 Å². The van der Waals surface area contributed by atoms with Crippen molar-refractivity contribution >= 4 is 17.5 Å². The molecule has 0 unspecified atom stereocenters. The molecular weight excluding hydrogens is 402 g/mol. The van der Waals surface area contributed by atoms with Crippen molar-refractivity contribution < 1.29 is 4.79 Å². The van der Waals surface area contributed by atoms with Gasteiger partial charge in [-0.1, -0.05) is 23.7 Å². The normalized spacial score (nSPS) is 10.9. The quantitative estimate of drug-likeness (QED) is 0.533. The third kappa shape index (κ3) is 4.08. The Balaban J connectivity index is 1.44. The third-order valence-corrected chi connectivity index (χ3v) is 4.76. The van der Waals surface area contributed by atoms with E-state index in [-0.39, 0.29) is 11.6 Å². The molecule has 4 aromatic rings. The van der Waals surface area contributed by atoms with Gasteiger partial charge >= 0.3 is 0 Å². The zero-order valence-corrected chi connectivity index (χ0v) is 17.6. The summed E-state index contributed by atoms with van der Waals surface area (Å²) in [5.41, 5.74) is 4.31. The van der Waals surface area contributed by atoms with Crippen molar-refractivity contribution in [2.45, 2.75) is 27.3 Å². The topological polar surface area (TPSA) is 90.5 Å². The molecule has 3 heterocycles. The van der Waals surface area contributed by atoms with Gasteiger partial charge in [0.1, 0.15) is 0 Å². The van der Waals surface area contributed by atoms with Gasteiger partial charge in [0.15, 0.2) is 11.5 Å². The first-order chi connectivity index (χ1) is 14.4. The number of halogens is 1. The molecule has 1 amide bonds.